The summed E-state index contributed by atoms with van der Waals surface area (Å²) in [6.45, 7) is 13.2. The van der Waals surface area contributed by atoms with Crippen LogP contribution in [0.5, 0.6) is 11.5 Å². The summed E-state index contributed by atoms with van der Waals surface area (Å²) in [6.07, 6.45) is 4.35. The van der Waals surface area contributed by atoms with E-state index in [0.29, 0.717) is 18.8 Å². The minimum atomic E-state index is 0.0614. The molecule has 4 rings (SSSR count). The first kappa shape index (κ1) is 26.5. The molecule has 0 bridgehead atoms. The molecule has 5 heteroatoms. The average molecular weight is 499 g/mol. The Hall–Kier alpha value is -3.57. The fourth-order valence-electron chi connectivity index (χ4n) is 4.65. The van der Waals surface area contributed by atoms with E-state index in [0.717, 1.165) is 55.3 Å². The van der Waals surface area contributed by atoms with Crippen LogP contribution in [0, 0.1) is 20.8 Å². The zero-order valence-corrected chi connectivity index (χ0v) is 22.5. The number of amides is 1. The van der Waals surface area contributed by atoms with Crippen LogP contribution in [-0.2, 0) is 6.61 Å². The van der Waals surface area contributed by atoms with Crippen molar-refractivity contribution in [1.29, 1.82) is 0 Å². The molecule has 0 radical (unpaired) electrons. The number of nitrogens with zero attached hydrogens (tertiary/aromatic N) is 2. The molecule has 0 N–H and O–H groups in total. The third kappa shape index (κ3) is 7.01. The summed E-state index contributed by atoms with van der Waals surface area (Å²) in [5, 5.41) is 0. The topological polar surface area (TPSA) is 42.0 Å². The van der Waals surface area contributed by atoms with E-state index in [-0.39, 0.29) is 5.91 Å². The lowest BCUT2D eigenvalue weighted by Gasteiger charge is -2.34. The SMILES string of the molecule is CCOc1ccc(C(=O)N2CCN(C/C=C/c3ccccc3)CC2)cc1COc1cc(C)cc(C)c1C. The highest BCUT2D eigenvalue weighted by atomic mass is 16.5. The van der Waals surface area contributed by atoms with Gasteiger partial charge in [-0.25, -0.2) is 0 Å². The molecule has 0 saturated carbocycles. The first-order valence-electron chi connectivity index (χ1n) is 13.1. The van der Waals surface area contributed by atoms with E-state index in [1.807, 2.05) is 48.2 Å². The highest BCUT2D eigenvalue weighted by molar-refractivity contribution is 5.94. The molecule has 0 spiro atoms. The number of benzene rings is 3. The van der Waals surface area contributed by atoms with Gasteiger partial charge in [0.25, 0.3) is 5.91 Å². The predicted octanol–water partition coefficient (Wildman–Crippen LogP) is 6.06. The maximum atomic E-state index is 13.4. The van der Waals surface area contributed by atoms with Crippen molar-refractivity contribution in [3.8, 4) is 11.5 Å². The molecule has 1 saturated heterocycles. The van der Waals surface area contributed by atoms with Crippen LogP contribution >= 0.6 is 0 Å². The van der Waals surface area contributed by atoms with Crippen molar-refractivity contribution in [1.82, 2.24) is 9.80 Å². The first-order chi connectivity index (χ1) is 17.9. The van der Waals surface area contributed by atoms with Crippen molar-refractivity contribution < 1.29 is 14.3 Å². The van der Waals surface area contributed by atoms with E-state index in [9.17, 15) is 4.79 Å². The summed E-state index contributed by atoms with van der Waals surface area (Å²) < 4.78 is 12.1. The minimum absolute atomic E-state index is 0.0614. The van der Waals surface area contributed by atoms with Crippen molar-refractivity contribution in [3.05, 3.63) is 100 Å². The van der Waals surface area contributed by atoms with Gasteiger partial charge in [-0.2, -0.15) is 0 Å². The van der Waals surface area contributed by atoms with Gasteiger partial charge in [-0.05, 0) is 74.2 Å². The Bertz CT molecular complexity index is 1230. The number of carbonyl (C=O) groups excluding carboxylic acids is 1. The van der Waals surface area contributed by atoms with Gasteiger partial charge in [0, 0.05) is 43.9 Å². The van der Waals surface area contributed by atoms with Gasteiger partial charge < -0.3 is 14.4 Å². The van der Waals surface area contributed by atoms with Crippen molar-refractivity contribution in [2.45, 2.75) is 34.3 Å². The van der Waals surface area contributed by atoms with Crippen molar-refractivity contribution >= 4 is 12.0 Å². The Morgan fingerprint density at radius 3 is 2.38 bits per heavy atom. The maximum absolute atomic E-state index is 13.4. The Kier molecular flexibility index (Phi) is 9.02. The zero-order valence-electron chi connectivity index (χ0n) is 22.5. The molecule has 3 aromatic carbocycles. The molecule has 37 heavy (non-hydrogen) atoms. The zero-order chi connectivity index (χ0) is 26.2. The number of aryl methyl sites for hydroxylation is 2. The van der Waals surface area contributed by atoms with E-state index in [2.05, 4.69) is 62.1 Å². The van der Waals surface area contributed by atoms with Gasteiger partial charge in [0.1, 0.15) is 18.1 Å². The van der Waals surface area contributed by atoms with Gasteiger partial charge in [-0.15, -0.1) is 0 Å². The highest BCUT2D eigenvalue weighted by Crippen LogP contribution is 2.27. The largest absolute Gasteiger partial charge is 0.493 e. The Morgan fingerprint density at radius 1 is 0.892 bits per heavy atom. The Morgan fingerprint density at radius 2 is 1.65 bits per heavy atom. The van der Waals surface area contributed by atoms with Crippen molar-refractivity contribution in [2.24, 2.45) is 0 Å². The monoisotopic (exact) mass is 498 g/mol. The first-order valence-corrected chi connectivity index (χ1v) is 13.1. The van der Waals surface area contributed by atoms with E-state index in [1.165, 1.54) is 16.7 Å². The maximum Gasteiger partial charge on any atom is 0.253 e. The molecule has 1 aliphatic rings. The standard InChI is InChI=1S/C32H38N2O3/c1-5-36-30-14-13-28(22-29(30)23-37-31-21-24(2)20-25(3)26(31)4)32(35)34-18-16-33(17-19-34)15-9-12-27-10-7-6-8-11-27/h6-14,20-22H,5,15-19,23H2,1-4H3/b12-9+. The Labute approximate surface area is 221 Å². The number of hydrogen-bond donors (Lipinski definition) is 0. The van der Waals surface area contributed by atoms with Crippen LogP contribution in [0.1, 0.15) is 45.1 Å². The fourth-order valence-corrected chi connectivity index (χ4v) is 4.65. The number of ether oxygens (including phenoxy) is 2. The predicted molar refractivity (Wildman–Crippen MR) is 150 cm³/mol. The molecule has 1 aliphatic heterocycles. The second-order valence-corrected chi connectivity index (χ2v) is 9.66. The van der Waals surface area contributed by atoms with Crippen molar-refractivity contribution in [2.75, 3.05) is 39.3 Å². The van der Waals surface area contributed by atoms with Gasteiger partial charge in [0.05, 0.1) is 6.61 Å². The van der Waals surface area contributed by atoms with Gasteiger partial charge in [-0.1, -0.05) is 48.6 Å². The lowest BCUT2D eigenvalue weighted by molar-refractivity contribution is 0.0650. The smallest absolute Gasteiger partial charge is 0.253 e. The van der Waals surface area contributed by atoms with Crippen LogP contribution in [0.3, 0.4) is 0 Å². The molecule has 1 heterocycles. The van der Waals surface area contributed by atoms with E-state index in [4.69, 9.17) is 9.47 Å². The average Bonchev–Trinajstić information content (AvgIpc) is 2.91. The van der Waals surface area contributed by atoms with E-state index >= 15 is 0 Å². The molecule has 0 aliphatic carbocycles. The lowest BCUT2D eigenvalue weighted by Crippen LogP contribution is -2.48. The second-order valence-electron chi connectivity index (χ2n) is 9.66. The molecular formula is C32H38N2O3. The van der Waals surface area contributed by atoms with Gasteiger partial charge in [-0.3, -0.25) is 9.69 Å². The molecule has 1 fully saturated rings. The molecule has 0 atom stereocenters. The summed E-state index contributed by atoms with van der Waals surface area (Å²) in [4.78, 5) is 17.7. The normalized spacial score (nSPS) is 14.2. The summed E-state index contributed by atoms with van der Waals surface area (Å²) >= 11 is 0. The molecule has 3 aromatic rings. The fraction of sp³-hybridized carbons (Fsp3) is 0.344. The van der Waals surface area contributed by atoms with Crippen LogP contribution in [0.2, 0.25) is 0 Å². The van der Waals surface area contributed by atoms with Crippen LogP contribution < -0.4 is 9.47 Å². The molecular weight excluding hydrogens is 460 g/mol. The van der Waals surface area contributed by atoms with Gasteiger partial charge in [0.2, 0.25) is 0 Å². The van der Waals surface area contributed by atoms with Crippen molar-refractivity contribution in [3.63, 3.8) is 0 Å². The Balaban J connectivity index is 1.38. The van der Waals surface area contributed by atoms with E-state index < -0.39 is 0 Å². The molecule has 0 unspecified atom stereocenters. The van der Waals surface area contributed by atoms with Gasteiger partial charge >= 0.3 is 0 Å². The number of hydrogen-bond acceptors (Lipinski definition) is 4. The molecule has 5 nitrogen and oxygen atoms in total. The quantitative estimate of drug-likeness (QED) is 0.360. The summed E-state index contributed by atoms with van der Waals surface area (Å²) in [6, 6.07) is 20.2. The third-order valence-electron chi connectivity index (χ3n) is 6.89. The summed E-state index contributed by atoms with van der Waals surface area (Å²) in [7, 11) is 0. The van der Waals surface area contributed by atoms with Crippen LogP contribution in [0.25, 0.3) is 6.08 Å². The molecule has 194 valence electrons. The number of carbonyl (C=O) groups is 1. The van der Waals surface area contributed by atoms with Crippen LogP contribution in [-0.4, -0.2) is 55.0 Å². The van der Waals surface area contributed by atoms with E-state index in [1.54, 1.807) is 0 Å². The van der Waals surface area contributed by atoms with Crippen LogP contribution in [0.4, 0.5) is 0 Å². The summed E-state index contributed by atoms with van der Waals surface area (Å²) in [5.41, 5.74) is 6.28. The molecule has 1 amide bonds. The number of piperazine rings is 1. The summed E-state index contributed by atoms with van der Waals surface area (Å²) in [5.74, 6) is 1.69. The lowest BCUT2D eigenvalue weighted by atomic mass is 10.1. The third-order valence-corrected chi connectivity index (χ3v) is 6.89. The number of rotatable bonds is 9. The second kappa shape index (κ2) is 12.6. The minimum Gasteiger partial charge on any atom is -0.493 e. The molecule has 0 aromatic heterocycles. The van der Waals surface area contributed by atoms with Crippen LogP contribution in [0.15, 0.2) is 66.7 Å². The van der Waals surface area contributed by atoms with Gasteiger partial charge in [0.15, 0.2) is 0 Å². The highest BCUT2D eigenvalue weighted by Gasteiger charge is 2.22.